The molecule has 2 atom stereocenters. The molecule has 2 rings (SSSR count). The molecule has 1 heterocycles. The Kier molecular flexibility index (Phi) is 3.55. The van der Waals surface area contributed by atoms with Gasteiger partial charge in [-0.2, -0.15) is 0 Å². The van der Waals surface area contributed by atoms with Crippen LogP contribution in [0.25, 0.3) is 0 Å². The molecule has 1 fully saturated rings. The summed E-state index contributed by atoms with van der Waals surface area (Å²) in [4.78, 5) is 34.1. The molecule has 3 amide bonds. The molecule has 18 heavy (non-hydrogen) atoms. The molecule has 0 spiro atoms. The van der Waals surface area contributed by atoms with E-state index in [1.54, 1.807) is 0 Å². The molecule has 0 radical (unpaired) electrons. The van der Waals surface area contributed by atoms with E-state index in [-0.39, 0.29) is 18.7 Å². The third-order valence-corrected chi connectivity index (χ3v) is 2.85. The molecule has 5 nitrogen and oxygen atoms in total. The normalized spacial score (nSPS) is 27.5. The third kappa shape index (κ3) is 2.82. The van der Waals surface area contributed by atoms with Gasteiger partial charge in [-0.25, -0.2) is 4.39 Å². The van der Waals surface area contributed by atoms with Crippen LogP contribution in [-0.4, -0.2) is 29.9 Å². The Morgan fingerprint density at radius 1 is 1.44 bits per heavy atom. The topological polar surface area (TPSA) is 75.3 Å². The van der Waals surface area contributed by atoms with Crippen molar-refractivity contribution in [3.8, 4) is 0 Å². The van der Waals surface area contributed by atoms with E-state index in [0.717, 1.165) is 0 Å². The molecule has 2 unspecified atom stereocenters. The van der Waals surface area contributed by atoms with Crippen molar-refractivity contribution in [2.45, 2.75) is 31.5 Å². The van der Waals surface area contributed by atoms with Crippen molar-refractivity contribution in [2.24, 2.45) is 0 Å². The highest BCUT2D eigenvalue weighted by atomic mass is 19.1. The van der Waals surface area contributed by atoms with Crippen LogP contribution in [0, 0.1) is 0 Å². The van der Waals surface area contributed by atoms with Gasteiger partial charge in [0.2, 0.25) is 11.8 Å². The minimum Gasteiger partial charge on any atom is -0.340 e. The summed E-state index contributed by atoms with van der Waals surface area (Å²) in [5.41, 5.74) is 0.341. The first-order valence-corrected chi connectivity index (χ1v) is 5.73. The second kappa shape index (κ2) is 5.12. The number of rotatable bonds is 2. The zero-order valence-corrected chi connectivity index (χ0v) is 9.61. The molecule has 0 aromatic carbocycles. The first-order valence-electron chi connectivity index (χ1n) is 5.73. The SMILES string of the molecule is O=C1CCC(NC(=O)C2=CCC(F)C=C2)C(=O)N1. The third-order valence-electron chi connectivity index (χ3n) is 2.85. The lowest BCUT2D eigenvalue weighted by Crippen LogP contribution is -2.52. The van der Waals surface area contributed by atoms with Gasteiger partial charge in [0.15, 0.2) is 0 Å². The van der Waals surface area contributed by atoms with E-state index in [9.17, 15) is 18.8 Å². The highest BCUT2D eigenvalue weighted by Crippen LogP contribution is 2.14. The van der Waals surface area contributed by atoms with Crippen molar-refractivity contribution in [3.63, 3.8) is 0 Å². The van der Waals surface area contributed by atoms with Gasteiger partial charge in [0.1, 0.15) is 12.2 Å². The first kappa shape index (κ1) is 12.5. The predicted molar refractivity (Wildman–Crippen MR) is 61.1 cm³/mol. The number of carbonyl (C=O) groups is 3. The van der Waals surface area contributed by atoms with Crippen LogP contribution < -0.4 is 10.6 Å². The van der Waals surface area contributed by atoms with Crippen molar-refractivity contribution in [2.75, 3.05) is 0 Å². The fourth-order valence-electron chi connectivity index (χ4n) is 1.84. The highest BCUT2D eigenvalue weighted by Gasteiger charge is 2.28. The number of hydrogen-bond acceptors (Lipinski definition) is 3. The molecule has 1 aliphatic carbocycles. The van der Waals surface area contributed by atoms with E-state index in [2.05, 4.69) is 10.6 Å². The van der Waals surface area contributed by atoms with Crippen LogP contribution in [0.1, 0.15) is 19.3 Å². The lowest BCUT2D eigenvalue weighted by Gasteiger charge is -2.22. The number of imide groups is 1. The van der Waals surface area contributed by atoms with Gasteiger partial charge in [-0.3, -0.25) is 19.7 Å². The van der Waals surface area contributed by atoms with Crippen LogP contribution in [0.5, 0.6) is 0 Å². The Hall–Kier alpha value is -1.98. The standard InChI is InChI=1S/C12H13FN2O3/c13-8-3-1-7(2-4-8)11(17)14-9-5-6-10(16)15-12(9)18/h1-3,8-9H,4-6H2,(H,14,17)(H,15,16,18). The molecule has 1 saturated heterocycles. The summed E-state index contributed by atoms with van der Waals surface area (Å²) in [7, 11) is 0. The minimum atomic E-state index is -1.06. The average Bonchev–Trinajstić information content (AvgIpc) is 2.33. The zero-order chi connectivity index (χ0) is 13.1. The zero-order valence-electron chi connectivity index (χ0n) is 9.61. The minimum absolute atomic E-state index is 0.161. The predicted octanol–water partition coefficient (Wildman–Crippen LogP) is 0.132. The smallest absolute Gasteiger partial charge is 0.251 e. The fourth-order valence-corrected chi connectivity index (χ4v) is 1.84. The van der Waals surface area contributed by atoms with E-state index in [1.807, 2.05) is 0 Å². The molecule has 6 heteroatoms. The van der Waals surface area contributed by atoms with Crippen molar-refractivity contribution in [1.82, 2.24) is 10.6 Å². The Morgan fingerprint density at radius 3 is 2.83 bits per heavy atom. The molecule has 1 aliphatic heterocycles. The Labute approximate surface area is 103 Å². The largest absolute Gasteiger partial charge is 0.340 e. The van der Waals surface area contributed by atoms with E-state index < -0.39 is 24.0 Å². The van der Waals surface area contributed by atoms with Gasteiger partial charge in [0.05, 0.1) is 0 Å². The van der Waals surface area contributed by atoms with Crippen LogP contribution >= 0.6 is 0 Å². The number of nitrogens with one attached hydrogen (secondary N) is 2. The molecular weight excluding hydrogens is 239 g/mol. The van der Waals surface area contributed by atoms with Crippen LogP contribution in [0.2, 0.25) is 0 Å². The lowest BCUT2D eigenvalue weighted by atomic mass is 10.0. The van der Waals surface area contributed by atoms with Crippen molar-refractivity contribution < 1.29 is 18.8 Å². The van der Waals surface area contributed by atoms with Crippen LogP contribution in [0.15, 0.2) is 23.8 Å². The molecule has 2 aliphatic rings. The maximum Gasteiger partial charge on any atom is 0.251 e. The number of allylic oxidation sites excluding steroid dienone is 2. The Bertz CT molecular complexity index is 456. The summed E-state index contributed by atoms with van der Waals surface area (Å²) in [6, 6.07) is -0.701. The molecule has 0 bridgehead atoms. The van der Waals surface area contributed by atoms with E-state index >= 15 is 0 Å². The average molecular weight is 252 g/mol. The number of halogens is 1. The van der Waals surface area contributed by atoms with E-state index in [1.165, 1.54) is 18.2 Å². The van der Waals surface area contributed by atoms with Gasteiger partial charge < -0.3 is 5.32 Å². The molecule has 96 valence electrons. The van der Waals surface area contributed by atoms with Crippen LogP contribution in [-0.2, 0) is 14.4 Å². The monoisotopic (exact) mass is 252 g/mol. The maximum atomic E-state index is 12.8. The highest BCUT2D eigenvalue weighted by molar-refractivity contribution is 6.04. The summed E-state index contributed by atoms with van der Waals surface area (Å²) in [6.45, 7) is 0. The maximum absolute atomic E-state index is 12.8. The fraction of sp³-hybridized carbons (Fsp3) is 0.417. The van der Waals surface area contributed by atoms with Crippen LogP contribution in [0.3, 0.4) is 0 Å². The number of alkyl halides is 1. The molecule has 0 saturated carbocycles. The summed E-state index contributed by atoms with van der Waals surface area (Å²) in [5, 5.41) is 4.68. The quantitative estimate of drug-likeness (QED) is 0.686. The van der Waals surface area contributed by atoms with E-state index in [0.29, 0.717) is 12.0 Å². The number of carbonyl (C=O) groups excluding carboxylic acids is 3. The molecule has 0 aromatic rings. The second-order valence-corrected chi connectivity index (χ2v) is 4.25. The number of piperidine rings is 1. The van der Waals surface area contributed by atoms with E-state index in [4.69, 9.17) is 0 Å². The van der Waals surface area contributed by atoms with Crippen molar-refractivity contribution >= 4 is 17.7 Å². The number of hydrogen-bond donors (Lipinski definition) is 2. The Morgan fingerprint density at radius 2 is 2.22 bits per heavy atom. The summed E-state index contributed by atoms with van der Waals surface area (Å²) in [5.74, 6) is -1.25. The first-order chi connectivity index (χ1) is 8.56. The van der Waals surface area contributed by atoms with Gasteiger partial charge in [-0.15, -0.1) is 0 Å². The lowest BCUT2D eigenvalue weighted by molar-refractivity contribution is -0.136. The Balaban J connectivity index is 1.94. The molecular formula is C12H13FN2O3. The van der Waals surface area contributed by atoms with Gasteiger partial charge in [-0.1, -0.05) is 12.2 Å². The van der Waals surface area contributed by atoms with Crippen molar-refractivity contribution in [3.05, 3.63) is 23.8 Å². The molecule has 2 N–H and O–H groups in total. The van der Waals surface area contributed by atoms with Gasteiger partial charge in [-0.05, 0) is 12.5 Å². The van der Waals surface area contributed by atoms with Gasteiger partial charge in [0, 0.05) is 18.4 Å². The molecule has 0 aromatic heterocycles. The van der Waals surface area contributed by atoms with Gasteiger partial charge in [0.25, 0.3) is 5.91 Å². The van der Waals surface area contributed by atoms with Crippen molar-refractivity contribution in [1.29, 1.82) is 0 Å². The van der Waals surface area contributed by atoms with Gasteiger partial charge >= 0.3 is 0 Å². The summed E-state index contributed by atoms with van der Waals surface area (Å²) >= 11 is 0. The number of amides is 3. The van der Waals surface area contributed by atoms with Crippen LogP contribution in [0.4, 0.5) is 4.39 Å². The summed E-state index contributed by atoms with van der Waals surface area (Å²) in [6.07, 6.45) is 3.80. The summed E-state index contributed by atoms with van der Waals surface area (Å²) < 4.78 is 12.8. The second-order valence-electron chi connectivity index (χ2n) is 4.25.